The van der Waals surface area contributed by atoms with Gasteiger partial charge in [0.15, 0.2) is 0 Å². The van der Waals surface area contributed by atoms with Crippen molar-refractivity contribution in [2.45, 2.75) is 12.5 Å². The Morgan fingerprint density at radius 3 is 1.57 bits per heavy atom. The van der Waals surface area contributed by atoms with Gasteiger partial charge >= 0.3 is 18.4 Å². The number of carbonyl (C=O) groups is 4. The maximum absolute atomic E-state index is 11.1. The molecule has 30 heavy (non-hydrogen) atoms. The van der Waals surface area contributed by atoms with Crippen molar-refractivity contribution in [2.24, 2.45) is 0 Å². The van der Waals surface area contributed by atoms with Gasteiger partial charge in [-0.25, -0.2) is 14.5 Å². The van der Waals surface area contributed by atoms with Crippen LogP contribution in [0.1, 0.15) is 0 Å². The molecule has 0 aromatic carbocycles. The molecule has 0 unspecified atom stereocenters. The highest BCUT2D eigenvalue weighted by molar-refractivity contribution is 5.97. The van der Waals surface area contributed by atoms with Gasteiger partial charge in [-0.15, -0.1) is 0 Å². The molecule has 0 bridgehead atoms. The average molecular weight is 440 g/mol. The molecule has 0 aliphatic carbocycles. The molecule has 0 aliphatic heterocycles. The van der Waals surface area contributed by atoms with Crippen LogP contribution < -0.4 is 0 Å². The van der Waals surface area contributed by atoms with Crippen LogP contribution in [-0.2, 0) is 38.1 Å². The van der Waals surface area contributed by atoms with Gasteiger partial charge in [0.05, 0.1) is 39.6 Å². The lowest BCUT2D eigenvalue weighted by Gasteiger charge is -2.27. The van der Waals surface area contributed by atoms with E-state index in [0.29, 0.717) is 0 Å². The van der Waals surface area contributed by atoms with Crippen molar-refractivity contribution in [1.29, 1.82) is 0 Å². The molecule has 0 aromatic heterocycles. The number of aliphatic hydroxyl groups excluding tert-OH is 2. The van der Waals surface area contributed by atoms with Crippen LogP contribution in [0.4, 0.5) is 0 Å². The van der Waals surface area contributed by atoms with Crippen molar-refractivity contribution < 1.29 is 58.6 Å². The lowest BCUT2D eigenvalue weighted by Crippen LogP contribution is -2.49. The Labute approximate surface area is 172 Å². The van der Waals surface area contributed by atoms with E-state index in [4.69, 9.17) is 29.9 Å². The summed E-state index contributed by atoms with van der Waals surface area (Å²) in [6.45, 7) is -0.0242. The van der Waals surface area contributed by atoms with E-state index in [0.717, 1.165) is 4.90 Å². The highest BCUT2D eigenvalue weighted by Gasteiger charge is 2.32. The van der Waals surface area contributed by atoms with Crippen molar-refractivity contribution >= 4 is 24.9 Å². The summed E-state index contributed by atoms with van der Waals surface area (Å²) >= 11 is 0. The fraction of sp³-hybridized carbons (Fsp3) is 0.750. The van der Waals surface area contributed by atoms with Crippen LogP contribution in [0.25, 0.3) is 0 Å². The van der Waals surface area contributed by atoms with Crippen LogP contribution in [-0.4, -0.2) is 133 Å². The lowest BCUT2D eigenvalue weighted by molar-refractivity contribution is -0.208. The first-order chi connectivity index (χ1) is 14.4. The first-order valence-electron chi connectivity index (χ1n) is 8.92. The van der Waals surface area contributed by atoms with E-state index in [-0.39, 0.29) is 72.2 Å². The molecule has 0 amide bonds. The van der Waals surface area contributed by atoms with E-state index < -0.39 is 31.0 Å². The molecule has 14 heteroatoms. The third kappa shape index (κ3) is 11.6. The number of hydrogen-bond donors (Lipinski definition) is 4. The second-order valence-corrected chi connectivity index (χ2v) is 5.59. The second kappa shape index (κ2) is 17.5. The van der Waals surface area contributed by atoms with Gasteiger partial charge in [0, 0.05) is 26.2 Å². The Bertz CT molecular complexity index is 483. The molecule has 0 atom stereocenters. The molecular weight excluding hydrogens is 412 g/mol. The van der Waals surface area contributed by atoms with E-state index in [9.17, 15) is 19.2 Å². The van der Waals surface area contributed by atoms with Gasteiger partial charge in [0.2, 0.25) is 6.04 Å². The van der Waals surface area contributed by atoms with Crippen molar-refractivity contribution in [3.63, 3.8) is 0 Å². The van der Waals surface area contributed by atoms with Crippen LogP contribution in [0.2, 0.25) is 0 Å². The van der Waals surface area contributed by atoms with Crippen molar-refractivity contribution in [2.75, 3.05) is 65.8 Å². The van der Waals surface area contributed by atoms with Crippen LogP contribution in [0.5, 0.6) is 0 Å². The Morgan fingerprint density at radius 2 is 1.17 bits per heavy atom. The van der Waals surface area contributed by atoms with Gasteiger partial charge in [0.1, 0.15) is 0 Å². The standard InChI is InChI=1S/C16H28N2O12/c19-5-1-17(13(14(23)24)15(25)26)3-7-27-9-10-28-8-4-18(2-6-20)16(29-11-21)30-12-22/h11-13,16,19-20H,1-10H2,(H,23,24)(H,25,26). The normalized spacial score (nSPS) is 11.3. The number of carboxylic acids is 2. The van der Waals surface area contributed by atoms with Gasteiger partial charge in [-0.3, -0.25) is 14.5 Å². The summed E-state index contributed by atoms with van der Waals surface area (Å²) in [5, 5.41) is 36.0. The molecule has 4 N–H and O–H groups in total. The molecule has 0 spiro atoms. The van der Waals surface area contributed by atoms with Crippen molar-refractivity contribution in [3.8, 4) is 0 Å². The van der Waals surface area contributed by atoms with Crippen LogP contribution in [0.15, 0.2) is 0 Å². The average Bonchev–Trinajstić information content (AvgIpc) is 2.68. The topological polar surface area (TPSA) is 193 Å². The number of carboxylic acid groups (broad SMARTS) is 2. The predicted molar refractivity (Wildman–Crippen MR) is 96.1 cm³/mol. The number of nitrogens with zero attached hydrogens (tertiary/aromatic N) is 2. The number of aliphatic carboxylic acids is 2. The van der Waals surface area contributed by atoms with E-state index in [1.807, 2.05) is 0 Å². The molecule has 174 valence electrons. The number of ether oxygens (including phenoxy) is 4. The summed E-state index contributed by atoms with van der Waals surface area (Å²) in [6.07, 6.45) is -1.29. The van der Waals surface area contributed by atoms with Gasteiger partial charge in [-0.05, 0) is 0 Å². The smallest absolute Gasteiger partial charge is 0.332 e. The largest absolute Gasteiger partial charge is 0.480 e. The van der Waals surface area contributed by atoms with E-state index in [2.05, 4.69) is 9.47 Å². The van der Waals surface area contributed by atoms with Gasteiger partial charge in [-0.1, -0.05) is 0 Å². The molecular formula is C16H28N2O12. The van der Waals surface area contributed by atoms with Crippen molar-refractivity contribution in [3.05, 3.63) is 0 Å². The highest BCUT2D eigenvalue weighted by Crippen LogP contribution is 2.02. The summed E-state index contributed by atoms with van der Waals surface area (Å²) in [5.74, 6) is -3.08. The first kappa shape index (κ1) is 27.6. The summed E-state index contributed by atoms with van der Waals surface area (Å²) in [7, 11) is 0. The summed E-state index contributed by atoms with van der Waals surface area (Å²) in [4.78, 5) is 45.4. The Hall–Kier alpha value is -2.36. The monoisotopic (exact) mass is 440 g/mol. The van der Waals surface area contributed by atoms with Crippen molar-refractivity contribution in [1.82, 2.24) is 9.80 Å². The Morgan fingerprint density at radius 1 is 0.733 bits per heavy atom. The van der Waals surface area contributed by atoms with Crippen LogP contribution in [0.3, 0.4) is 0 Å². The second-order valence-electron chi connectivity index (χ2n) is 5.59. The lowest BCUT2D eigenvalue weighted by atomic mass is 10.2. The minimum absolute atomic E-state index is 0.0134. The maximum Gasteiger partial charge on any atom is 0.332 e. The number of hydrogen-bond acceptors (Lipinski definition) is 12. The maximum atomic E-state index is 11.1. The van der Waals surface area contributed by atoms with E-state index in [1.54, 1.807) is 0 Å². The Kier molecular flexibility index (Phi) is 16.1. The quantitative estimate of drug-likeness (QED) is 0.0602. The zero-order valence-corrected chi connectivity index (χ0v) is 16.3. The van der Waals surface area contributed by atoms with Crippen LogP contribution in [0, 0.1) is 0 Å². The number of rotatable bonds is 21. The highest BCUT2D eigenvalue weighted by atomic mass is 16.7. The molecule has 0 aromatic rings. The zero-order valence-electron chi connectivity index (χ0n) is 16.3. The van der Waals surface area contributed by atoms with Gasteiger partial charge in [-0.2, -0.15) is 0 Å². The van der Waals surface area contributed by atoms with E-state index >= 15 is 0 Å². The molecule has 0 rings (SSSR count). The molecule has 0 heterocycles. The minimum Gasteiger partial charge on any atom is -0.480 e. The summed E-state index contributed by atoms with van der Waals surface area (Å²) in [5.41, 5.74) is 0. The number of aliphatic hydroxyl groups is 2. The predicted octanol–water partition coefficient (Wildman–Crippen LogP) is -3.22. The minimum atomic E-state index is -1.79. The molecule has 0 saturated heterocycles. The van der Waals surface area contributed by atoms with Gasteiger partial charge < -0.3 is 39.4 Å². The fourth-order valence-electron chi connectivity index (χ4n) is 2.35. The summed E-state index contributed by atoms with van der Waals surface area (Å²) in [6, 6.07) is -1.79. The molecule has 0 fully saturated rings. The molecule has 14 nitrogen and oxygen atoms in total. The SMILES string of the molecule is O=COC(OC=O)N(CCO)CCOCCOCCN(CCO)C(C(=O)O)C(=O)O. The molecule has 0 radical (unpaired) electrons. The number of carbonyl (C=O) groups excluding carboxylic acids is 2. The Balaban J connectivity index is 4.20. The van der Waals surface area contributed by atoms with Crippen LogP contribution >= 0.6 is 0 Å². The molecule has 0 saturated carbocycles. The zero-order chi connectivity index (χ0) is 22.8. The molecule has 0 aliphatic rings. The third-order valence-corrected chi connectivity index (χ3v) is 3.67. The third-order valence-electron chi connectivity index (χ3n) is 3.67. The van der Waals surface area contributed by atoms with E-state index in [1.165, 1.54) is 4.90 Å². The first-order valence-corrected chi connectivity index (χ1v) is 8.92. The fourth-order valence-corrected chi connectivity index (χ4v) is 2.35. The summed E-state index contributed by atoms with van der Waals surface area (Å²) < 4.78 is 19.8. The van der Waals surface area contributed by atoms with Gasteiger partial charge in [0.25, 0.3) is 12.9 Å².